The number of hydrogen-bond donors (Lipinski definition) is 1. The lowest BCUT2D eigenvalue weighted by atomic mass is 9.87. The third-order valence-corrected chi connectivity index (χ3v) is 6.31. The quantitative estimate of drug-likeness (QED) is 0.796. The van der Waals surface area contributed by atoms with Crippen LogP contribution in [0.5, 0.6) is 5.75 Å². The number of fused-ring (bicyclic) bond motifs is 4. The second-order valence-electron chi connectivity index (χ2n) is 6.70. The first-order valence-corrected chi connectivity index (χ1v) is 8.95. The molecule has 5 nitrogen and oxygen atoms in total. The van der Waals surface area contributed by atoms with Crippen molar-refractivity contribution in [3.05, 3.63) is 46.6 Å². The molecule has 2 aromatic heterocycles. The molecule has 24 heavy (non-hydrogen) atoms. The maximum absolute atomic E-state index is 5.99. The van der Waals surface area contributed by atoms with E-state index in [9.17, 15) is 0 Å². The number of methoxy groups -OCH3 is 1. The average Bonchev–Trinajstić information content (AvgIpc) is 3.08. The van der Waals surface area contributed by atoms with E-state index in [0.29, 0.717) is 5.13 Å². The molecule has 1 saturated carbocycles. The standard InChI is InChI=1S/C18H18N4OS/c1-23-12-4-2-11(3-5-12)10-22-14-8-18(6-7-18)16-15(13(14)9-20-22)21-17(19)24-16/h2-5,9H,6-8,10H2,1H3,(H2,19,21). The van der Waals surface area contributed by atoms with Crippen LogP contribution >= 0.6 is 11.3 Å². The first-order valence-electron chi connectivity index (χ1n) is 8.13. The summed E-state index contributed by atoms with van der Waals surface area (Å²) in [7, 11) is 1.69. The lowest BCUT2D eigenvalue weighted by Crippen LogP contribution is -2.19. The molecule has 2 heterocycles. The number of thiazole rings is 1. The number of rotatable bonds is 3. The van der Waals surface area contributed by atoms with Crippen LogP contribution in [0.4, 0.5) is 5.13 Å². The fourth-order valence-electron chi connectivity index (χ4n) is 3.67. The lowest BCUT2D eigenvalue weighted by molar-refractivity contribution is 0.414. The minimum Gasteiger partial charge on any atom is -0.497 e. The van der Waals surface area contributed by atoms with Gasteiger partial charge in [0.15, 0.2) is 5.13 Å². The predicted molar refractivity (Wildman–Crippen MR) is 94.5 cm³/mol. The third-order valence-electron chi connectivity index (χ3n) is 5.18. The van der Waals surface area contributed by atoms with Gasteiger partial charge in [0.05, 0.1) is 25.5 Å². The molecule has 0 atom stereocenters. The van der Waals surface area contributed by atoms with Crippen molar-refractivity contribution in [1.82, 2.24) is 14.8 Å². The summed E-state index contributed by atoms with van der Waals surface area (Å²) in [6, 6.07) is 8.17. The van der Waals surface area contributed by atoms with E-state index >= 15 is 0 Å². The minimum atomic E-state index is 0.273. The molecule has 2 N–H and O–H groups in total. The van der Waals surface area contributed by atoms with Gasteiger partial charge >= 0.3 is 0 Å². The highest BCUT2D eigenvalue weighted by atomic mass is 32.1. The topological polar surface area (TPSA) is 66.0 Å². The van der Waals surface area contributed by atoms with Crippen LogP contribution in [-0.4, -0.2) is 21.9 Å². The summed E-state index contributed by atoms with van der Waals surface area (Å²) in [5.74, 6) is 0.876. The number of nitrogens with zero attached hydrogens (tertiary/aromatic N) is 3. The molecule has 0 aliphatic heterocycles. The van der Waals surface area contributed by atoms with E-state index < -0.39 is 0 Å². The predicted octanol–water partition coefficient (Wildman–Crippen LogP) is 3.23. The number of ether oxygens (including phenoxy) is 1. The number of benzene rings is 1. The molecule has 3 aromatic rings. The monoisotopic (exact) mass is 338 g/mol. The van der Waals surface area contributed by atoms with Crippen LogP contribution in [0.25, 0.3) is 11.3 Å². The molecule has 1 spiro atoms. The van der Waals surface area contributed by atoms with Gasteiger partial charge in [0.2, 0.25) is 0 Å². The Morgan fingerprint density at radius 3 is 2.79 bits per heavy atom. The van der Waals surface area contributed by atoms with Gasteiger partial charge in [-0.05, 0) is 30.5 Å². The molecule has 5 rings (SSSR count). The average molecular weight is 338 g/mol. The first kappa shape index (κ1) is 14.0. The zero-order valence-corrected chi connectivity index (χ0v) is 14.3. The normalized spacial score (nSPS) is 16.7. The van der Waals surface area contributed by atoms with E-state index in [-0.39, 0.29) is 5.41 Å². The van der Waals surface area contributed by atoms with Crippen LogP contribution in [0.3, 0.4) is 0 Å². The van der Waals surface area contributed by atoms with Gasteiger partial charge in [-0.2, -0.15) is 5.10 Å². The molecule has 6 heteroatoms. The zero-order valence-electron chi connectivity index (χ0n) is 13.5. The molecule has 0 amide bonds. The number of nitrogen functional groups attached to an aromatic ring is 1. The minimum absolute atomic E-state index is 0.273. The van der Waals surface area contributed by atoms with E-state index in [0.717, 1.165) is 30.0 Å². The summed E-state index contributed by atoms with van der Waals surface area (Å²) in [6.07, 6.45) is 5.46. The second kappa shape index (κ2) is 4.83. The Hall–Kier alpha value is -2.34. The van der Waals surface area contributed by atoms with Crippen molar-refractivity contribution in [1.29, 1.82) is 0 Å². The highest BCUT2D eigenvalue weighted by molar-refractivity contribution is 7.16. The molecule has 0 saturated heterocycles. The molecule has 0 bridgehead atoms. The highest BCUT2D eigenvalue weighted by Crippen LogP contribution is 2.59. The Morgan fingerprint density at radius 1 is 1.29 bits per heavy atom. The van der Waals surface area contributed by atoms with Crippen LogP contribution in [0.2, 0.25) is 0 Å². The van der Waals surface area contributed by atoms with Crippen molar-refractivity contribution in [2.45, 2.75) is 31.2 Å². The molecule has 0 radical (unpaired) electrons. The van der Waals surface area contributed by atoms with Crippen molar-refractivity contribution >= 4 is 16.5 Å². The van der Waals surface area contributed by atoms with Crippen molar-refractivity contribution in [2.75, 3.05) is 12.8 Å². The van der Waals surface area contributed by atoms with Crippen LogP contribution in [0.1, 0.15) is 29.0 Å². The lowest BCUT2D eigenvalue weighted by Gasteiger charge is -2.22. The number of nitrogens with two attached hydrogens (primary N) is 1. The van der Waals surface area contributed by atoms with Gasteiger partial charge in [0, 0.05) is 28.0 Å². The molecular formula is C18H18N4OS. The smallest absolute Gasteiger partial charge is 0.180 e. The Labute approximate surface area is 144 Å². The molecule has 2 aliphatic rings. The van der Waals surface area contributed by atoms with Gasteiger partial charge in [-0.15, -0.1) is 11.3 Å². The fourth-order valence-corrected chi connectivity index (χ4v) is 4.76. The van der Waals surface area contributed by atoms with Gasteiger partial charge in [0.25, 0.3) is 0 Å². The SMILES string of the molecule is COc1ccc(Cn2ncc3c2CC2(CC2)c2sc(N)nc2-3)cc1. The van der Waals surface area contributed by atoms with Crippen molar-refractivity contribution < 1.29 is 4.74 Å². The molecule has 1 aromatic carbocycles. The second-order valence-corrected chi connectivity index (χ2v) is 7.73. The maximum Gasteiger partial charge on any atom is 0.180 e. The number of aromatic nitrogens is 3. The van der Waals surface area contributed by atoms with E-state index in [2.05, 4.69) is 26.9 Å². The van der Waals surface area contributed by atoms with Gasteiger partial charge in [-0.25, -0.2) is 4.98 Å². The van der Waals surface area contributed by atoms with Gasteiger partial charge < -0.3 is 10.5 Å². The van der Waals surface area contributed by atoms with E-state index in [1.807, 2.05) is 18.3 Å². The Morgan fingerprint density at radius 2 is 2.08 bits per heavy atom. The summed E-state index contributed by atoms with van der Waals surface area (Å²) in [5, 5.41) is 5.31. The van der Waals surface area contributed by atoms with Crippen LogP contribution < -0.4 is 10.5 Å². The Kier molecular flexibility index (Phi) is 2.83. The fraction of sp³-hybridized carbons (Fsp3) is 0.333. The molecule has 122 valence electrons. The van der Waals surface area contributed by atoms with Crippen molar-refractivity contribution in [2.24, 2.45) is 0 Å². The van der Waals surface area contributed by atoms with E-state index in [1.54, 1.807) is 18.4 Å². The van der Waals surface area contributed by atoms with E-state index in [1.165, 1.54) is 29.0 Å². The summed E-state index contributed by atoms with van der Waals surface area (Å²) in [4.78, 5) is 5.97. The third kappa shape index (κ3) is 1.99. The number of hydrogen-bond acceptors (Lipinski definition) is 5. The first-order chi connectivity index (χ1) is 11.7. The van der Waals surface area contributed by atoms with Crippen LogP contribution in [0.15, 0.2) is 30.5 Å². The van der Waals surface area contributed by atoms with E-state index in [4.69, 9.17) is 10.5 Å². The summed E-state index contributed by atoms with van der Waals surface area (Å²) >= 11 is 1.66. The Balaban J connectivity index is 1.54. The maximum atomic E-state index is 5.99. The van der Waals surface area contributed by atoms with Gasteiger partial charge in [-0.1, -0.05) is 12.1 Å². The number of anilines is 1. The molecular weight excluding hydrogens is 320 g/mol. The highest BCUT2D eigenvalue weighted by Gasteiger charge is 2.51. The summed E-state index contributed by atoms with van der Waals surface area (Å²) in [5.41, 5.74) is 11.0. The van der Waals surface area contributed by atoms with Crippen LogP contribution in [-0.2, 0) is 18.4 Å². The van der Waals surface area contributed by atoms with Crippen molar-refractivity contribution in [3.63, 3.8) is 0 Å². The van der Waals surface area contributed by atoms with Crippen molar-refractivity contribution in [3.8, 4) is 17.0 Å². The molecule has 1 fully saturated rings. The summed E-state index contributed by atoms with van der Waals surface area (Å²) < 4.78 is 7.35. The van der Waals surface area contributed by atoms with Gasteiger partial charge in [-0.3, -0.25) is 4.68 Å². The summed E-state index contributed by atoms with van der Waals surface area (Å²) in [6.45, 7) is 0.768. The molecule has 0 unspecified atom stereocenters. The van der Waals surface area contributed by atoms with Gasteiger partial charge in [0.1, 0.15) is 5.75 Å². The zero-order chi connectivity index (χ0) is 16.3. The largest absolute Gasteiger partial charge is 0.497 e. The Bertz CT molecular complexity index is 921. The molecule has 2 aliphatic carbocycles. The van der Waals surface area contributed by atoms with Crippen LogP contribution in [0, 0.1) is 0 Å².